The lowest BCUT2D eigenvalue weighted by atomic mass is 9.89. The summed E-state index contributed by atoms with van der Waals surface area (Å²) in [7, 11) is 0. The van der Waals surface area contributed by atoms with Crippen LogP contribution in [0.5, 0.6) is 0 Å². The highest BCUT2D eigenvalue weighted by Crippen LogP contribution is 2.22. The van der Waals surface area contributed by atoms with Crippen LogP contribution in [0.1, 0.15) is 32.1 Å². The van der Waals surface area contributed by atoms with Crippen LogP contribution in [0.3, 0.4) is 0 Å². The molecular weight excluding hydrogens is 166 g/mol. The predicted molar refractivity (Wildman–Crippen MR) is 51.3 cm³/mol. The molecule has 0 bridgehead atoms. The van der Waals surface area contributed by atoms with Crippen molar-refractivity contribution in [2.45, 2.75) is 32.1 Å². The molecule has 0 radical (unpaired) electrons. The van der Waals surface area contributed by atoms with Crippen molar-refractivity contribution in [2.75, 3.05) is 6.54 Å². The monoisotopic (exact) mass is 183 g/mol. The van der Waals surface area contributed by atoms with Gasteiger partial charge in [-0.1, -0.05) is 25.8 Å². The average Bonchev–Trinajstić information content (AvgIpc) is 2.17. The summed E-state index contributed by atoms with van der Waals surface area (Å²) in [5.41, 5.74) is 0. The maximum atomic E-state index is 10.9. The molecule has 3 heteroatoms. The minimum atomic E-state index is -0.388. The largest absolute Gasteiger partial charge is 0.419 e. The summed E-state index contributed by atoms with van der Waals surface area (Å²) in [5.74, 6) is 0.645. The molecule has 0 aromatic rings. The number of carbonyl (C=O) groups is 1. The molecule has 0 heterocycles. The number of alkyl carbamates (subject to hydrolysis) is 1. The molecule has 3 nitrogen and oxygen atoms in total. The Labute approximate surface area is 79.2 Å². The normalized spacial score (nSPS) is 17.8. The van der Waals surface area contributed by atoms with Gasteiger partial charge in [0, 0.05) is 6.54 Å². The van der Waals surface area contributed by atoms with Crippen LogP contribution < -0.4 is 5.32 Å². The molecule has 0 aromatic carbocycles. The fourth-order valence-electron chi connectivity index (χ4n) is 1.74. The highest BCUT2D eigenvalue weighted by atomic mass is 16.5. The van der Waals surface area contributed by atoms with Gasteiger partial charge in [-0.25, -0.2) is 4.79 Å². The number of carbonyl (C=O) groups excluding carboxylic acids is 1. The van der Waals surface area contributed by atoms with Crippen molar-refractivity contribution in [3.63, 3.8) is 0 Å². The maximum absolute atomic E-state index is 10.9. The van der Waals surface area contributed by atoms with E-state index in [0.29, 0.717) is 5.92 Å². The third-order valence-corrected chi connectivity index (χ3v) is 2.45. The molecule has 1 N–H and O–H groups in total. The van der Waals surface area contributed by atoms with Crippen molar-refractivity contribution >= 4 is 6.09 Å². The molecule has 0 aliphatic heterocycles. The summed E-state index contributed by atoms with van der Waals surface area (Å²) in [6.45, 7) is 4.06. The van der Waals surface area contributed by atoms with E-state index in [0.717, 1.165) is 12.8 Å². The van der Waals surface area contributed by atoms with Gasteiger partial charge in [-0.15, -0.1) is 0 Å². The molecule has 0 atom stereocenters. The topological polar surface area (TPSA) is 38.3 Å². The summed E-state index contributed by atoms with van der Waals surface area (Å²) >= 11 is 0. The number of amides is 1. The van der Waals surface area contributed by atoms with E-state index in [1.165, 1.54) is 32.1 Å². The molecule has 1 aliphatic carbocycles. The van der Waals surface area contributed by atoms with Gasteiger partial charge >= 0.3 is 6.09 Å². The first-order valence-corrected chi connectivity index (χ1v) is 4.88. The van der Waals surface area contributed by atoms with Gasteiger partial charge in [0.15, 0.2) is 0 Å². The van der Waals surface area contributed by atoms with Gasteiger partial charge in [-0.05, 0) is 18.8 Å². The molecule has 1 saturated carbocycles. The molecular formula is C10H17NO2. The Morgan fingerprint density at radius 2 is 2.15 bits per heavy atom. The van der Waals surface area contributed by atoms with Gasteiger partial charge in [-0.2, -0.15) is 0 Å². The summed E-state index contributed by atoms with van der Waals surface area (Å²) in [6.07, 6.45) is 7.15. The van der Waals surface area contributed by atoms with Crippen molar-refractivity contribution < 1.29 is 9.53 Å². The zero-order valence-corrected chi connectivity index (χ0v) is 7.92. The molecule has 1 fully saturated rings. The standard InChI is InChI=1S/C10H17NO2/c1-2-13-10(12)11-8-9-6-4-3-5-7-9/h2,9H,1,3-8H2,(H,11,12). The number of nitrogens with one attached hydrogen (secondary N) is 1. The third-order valence-electron chi connectivity index (χ3n) is 2.45. The minimum Gasteiger partial charge on any atom is -0.419 e. The summed E-state index contributed by atoms with van der Waals surface area (Å²) in [6, 6.07) is 0. The van der Waals surface area contributed by atoms with Crippen LogP contribution in [0.15, 0.2) is 12.8 Å². The Kier molecular flexibility index (Phi) is 4.36. The van der Waals surface area contributed by atoms with Gasteiger partial charge in [0.25, 0.3) is 0 Å². The van der Waals surface area contributed by atoms with E-state index < -0.39 is 0 Å². The van der Waals surface area contributed by atoms with Crippen molar-refractivity contribution in [1.82, 2.24) is 5.32 Å². The van der Waals surface area contributed by atoms with E-state index in [4.69, 9.17) is 0 Å². The van der Waals surface area contributed by atoms with Crippen LogP contribution >= 0.6 is 0 Å². The number of ether oxygens (including phenoxy) is 1. The smallest absolute Gasteiger partial charge is 0.411 e. The SMILES string of the molecule is C=COC(=O)NCC1CCCCC1. The number of rotatable bonds is 3. The summed E-state index contributed by atoms with van der Waals surface area (Å²) in [5, 5.41) is 2.72. The Hall–Kier alpha value is -0.990. The lowest BCUT2D eigenvalue weighted by Gasteiger charge is -2.21. The van der Waals surface area contributed by atoms with E-state index in [1.807, 2.05) is 0 Å². The van der Waals surface area contributed by atoms with Crippen LogP contribution in [-0.4, -0.2) is 12.6 Å². The number of hydrogen-bond donors (Lipinski definition) is 1. The van der Waals surface area contributed by atoms with Crippen molar-refractivity contribution in [1.29, 1.82) is 0 Å². The van der Waals surface area contributed by atoms with Crippen LogP contribution in [0.25, 0.3) is 0 Å². The first kappa shape index (κ1) is 10.1. The lowest BCUT2D eigenvalue weighted by Crippen LogP contribution is -2.29. The quantitative estimate of drug-likeness (QED) is 0.682. The Morgan fingerprint density at radius 3 is 2.77 bits per heavy atom. The lowest BCUT2D eigenvalue weighted by molar-refractivity contribution is 0.182. The minimum absolute atomic E-state index is 0.388. The molecule has 1 aliphatic rings. The molecule has 74 valence electrons. The number of hydrogen-bond acceptors (Lipinski definition) is 2. The van der Waals surface area contributed by atoms with Gasteiger partial charge in [-0.3, -0.25) is 0 Å². The molecule has 13 heavy (non-hydrogen) atoms. The van der Waals surface area contributed by atoms with Gasteiger partial charge in [0.05, 0.1) is 6.26 Å². The van der Waals surface area contributed by atoms with E-state index in [9.17, 15) is 4.79 Å². The predicted octanol–water partition coefficient (Wildman–Crippen LogP) is 2.44. The van der Waals surface area contributed by atoms with Gasteiger partial charge < -0.3 is 10.1 Å². The fourth-order valence-corrected chi connectivity index (χ4v) is 1.74. The molecule has 0 saturated heterocycles. The first-order chi connectivity index (χ1) is 6.33. The molecule has 1 rings (SSSR count). The third kappa shape index (κ3) is 3.97. The molecule has 1 amide bonds. The maximum Gasteiger partial charge on any atom is 0.411 e. The first-order valence-electron chi connectivity index (χ1n) is 4.88. The van der Waals surface area contributed by atoms with Gasteiger partial charge in [0.2, 0.25) is 0 Å². The van der Waals surface area contributed by atoms with Crippen molar-refractivity contribution in [2.24, 2.45) is 5.92 Å². The Morgan fingerprint density at radius 1 is 1.46 bits per heavy atom. The van der Waals surface area contributed by atoms with Crippen LogP contribution in [0.2, 0.25) is 0 Å². The molecule has 0 unspecified atom stereocenters. The zero-order chi connectivity index (χ0) is 9.52. The second kappa shape index (κ2) is 5.62. The fraction of sp³-hybridized carbons (Fsp3) is 0.700. The highest BCUT2D eigenvalue weighted by molar-refractivity contribution is 5.67. The zero-order valence-electron chi connectivity index (χ0n) is 7.92. The van der Waals surface area contributed by atoms with Gasteiger partial charge in [0.1, 0.15) is 0 Å². The molecule has 0 spiro atoms. The summed E-state index contributed by atoms with van der Waals surface area (Å²) < 4.78 is 4.55. The van der Waals surface area contributed by atoms with Crippen molar-refractivity contribution in [3.05, 3.63) is 12.8 Å². The van der Waals surface area contributed by atoms with E-state index in [2.05, 4.69) is 16.6 Å². The molecule has 0 aromatic heterocycles. The van der Waals surface area contributed by atoms with E-state index in [-0.39, 0.29) is 6.09 Å². The Balaban J connectivity index is 2.09. The van der Waals surface area contributed by atoms with E-state index >= 15 is 0 Å². The van der Waals surface area contributed by atoms with Crippen LogP contribution in [-0.2, 0) is 4.74 Å². The van der Waals surface area contributed by atoms with Crippen LogP contribution in [0.4, 0.5) is 4.79 Å². The second-order valence-electron chi connectivity index (χ2n) is 3.46. The van der Waals surface area contributed by atoms with Crippen molar-refractivity contribution in [3.8, 4) is 0 Å². The van der Waals surface area contributed by atoms with E-state index in [1.54, 1.807) is 0 Å². The second-order valence-corrected chi connectivity index (χ2v) is 3.46. The van der Waals surface area contributed by atoms with Crippen LogP contribution in [0, 0.1) is 5.92 Å². The Bertz CT molecular complexity index is 174. The summed E-state index contributed by atoms with van der Waals surface area (Å²) in [4.78, 5) is 10.9. The average molecular weight is 183 g/mol. The highest BCUT2D eigenvalue weighted by Gasteiger charge is 2.13.